The molecule has 4 N–H and O–H groups in total. The van der Waals surface area contributed by atoms with Crippen LogP contribution in [0, 0.1) is 6.92 Å². The maximum absolute atomic E-state index is 13.2. The minimum absolute atomic E-state index is 0.131. The standard InChI is InChI=1S/C45H58N8O10/c1-32-16-18-48-42(29-32)47-17-6-9-39(51-33(2)54)45(57)49-31-43(55)52-40(30-44(56)58-3)35-12-10-34(11-13-35)36-14-15-41(38-8-5-4-7-37(36)38)63-28-27-62-26-25-61-24-23-60-22-21-59-20-19-50-53-46/h4-5,7-8,10-16,18,29,39-40H,6,9,17,19-28,30-31H2,1-3H3,(H,47,48)(H,49,57)(H,51,54)(H,52,55)/t39-,40-/m0/s1. The van der Waals surface area contributed by atoms with E-state index >= 15 is 0 Å². The van der Waals surface area contributed by atoms with E-state index in [2.05, 4.69) is 36.3 Å². The average molecular weight is 871 g/mol. The zero-order valence-corrected chi connectivity index (χ0v) is 36.1. The van der Waals surface area contributed by atoms with E-state index < -0.39 is 29.9 Å². The van der Waals surface area contributed by atoms with E-state index in [0.29, 0.717) is 96.7 Å². The monoisotopic (exact) mass is 870 g/mol. The number of amides is 3. The summed E-state index contributed by atoms with van der Waals surface area (Å²) in [6, 6.07) is 21.6. The fraction of sp³-hybridized carbons (Fsp3) is 0.444. The van der Waals surface area contributed by atoms with Gasteiger partial charge in [0.25, 0.3) is 0 Å². The number of methoxy groups -OCH3 is 1. The van der Waals surface area contributed by atoms with Crippen molar-refractivity contribution >= 4 is 40.3 Å². The Morgan fingerprint density at radius 1 is 0.810 bits per heavy atom. The Balaban J connectivity index is 1.25. The molecule has 0 aliphatic heterocycles. The summed E-state index contributed by atoms with van der Waals surface area (Å²) >= 11 is 0. The lowest BCUT2D eigenvalue weighted by Crippen LogP contribution is -2.49. The van der Waals surface area contributed by atoms with E-state index in [0.717, 1.165) is 33.3 Å². The molecule has 0 saturated heterocycles. The predicted octanol–water partition coefficient (Wildman–Crippen LogP) is 5.20. The van der Waals surface area contributed by atoms with Crippen molar-refractivity contribution in [1.82, 2.24) is 20.9 Å². The molecule has 18 heteroatoms. The summed E-state index contributed by atoms with van der Waals surface area (Å²) in [6.07, 6.45) is 2.47. The summed E-state index contributed by atoms with van der Waals surface area (Å²) < 4.78 is 32.9. The van der Waals surface area contributed by atoms with Crippen molar-refractivity contribution in [1.29, 1.82) is 0 Å². The molecule has 0 aliphatic carbocycles. The maximum Gasteiger partial charge on any atom is 0.307 e. The minimum atomic E-state index is -0.845. The summed E-state index contributed by atoms with van der Waals surface area (Å²) in [4.78, 5) is 57.5. The number of benzene rings is 3. The van der Waals surface area contributed by atoms with Crippen molar-refractivity contribution in [3.05, 3.63) is 101 Å². The molecule has 4 rings (SSSR count). The molecule has 4 aromatic rings. The first-order valence-corrected chi connectivity index (χ1v) is 20.8. The number of esters is 1. The van der Waals surface area contributed by atoms with Crippen LogP contribution in [0.25, 0.3) is 32.3 Å². The number of pyridine rings is 1. The second-order valence-electron chi connectivity index (χ2n) is 14.2. The van der Waals surface area contributed by atoms with Crippen LogP contribution in [0.5, 0.6) is 5.75 Å². The van der Waals surface area contributed by atoms with Gasteiger partial charge in [-0.15, -0.1) is 0 Å². The lowest BCUT2D eigenvalue weighted by Gasteiger charge is -2.21. The number of rotatable bonds is 30. The molecular formula is C45H58N8O10. The van der Waals surface area contributed by atoms with Gasteiger partial charge in [-0.1, -0.05) is 59.7 Å². The average Bonchev–Trinajstić information content (AvgIpc) is 3.28. The van der Waals surface area contributed by atoms with Crippen molar-refractivity contribution in [2.75, 3.05) is 91.5 Å². The molecule has 0 radical (unpaired) electrons. The third kappa shape index (κ3) is 18.3. The highest BCUT2D eigenvalue weighted by atomic mass is 16.6. The van der Waals surface area contributed by atoms with Gasteiger partial charge in [0.1, 0.15) is 24.2 Å². The largest absolute Gasteiger partial charge is 0.491 e. The number of nitrogens with zero attached hydrogens (tertiary/aromatic N) is 4. The molecule has 0 aliphatic rings. The number of carbonyl (C=O) groups is 4. The molecule has 0 saturated carbocycles. The third-order valence-electron chi connectivity index (χ3n) is 9.45. The quantitative estimate of drug-likeness (QED) is 0.0174. The Morgan fingerprint density at radius 2 is 1.48 bits per heavy atom. The zero-order chi connectivity index (χ0) is 45.1. The smallest absolute Gasteiger partial charge is 0.307 e. The van der Waals surface area contributed by atoms with Gasteiger partial charge in [0.15, 0.2) is 0 Å². The molecular weight excluding hydrogens is 813 g/mol. The van der Waals surface area contributed by atoms with Gasteiger partial charge in [-0.2, -0.15) is 0 Å². The van der Waals surface area contributed by atoms with Crippen molar-refractivity contribution in [2.45, 2.75) is 45.2 Å². The molecule has 3 aromatic carbocycles. The number of hydrogen-bond donors (Lipinski definition) is 4. The van der Waals surface area contributed by atoms with Gasteiger partial charge in [0, 0.05) is 36.5 Å². The van der Waals surface area contributed by atoms with Crippen LogP contribution in [0.3, 0.4) is 0 Å². The number of ether oxygens (including phenoxy) is 6. The summed E-state index contributed by atoms with van der Waals surface area (Å²) in [5, 5.41) is 16.6. The fourth-order valence-electron chi connectivity index (χ4n) is 6.37. The van der Waals surface area contributed by atoms with Crippen molar-refractivity contribution in [3.63, 3.8) is 0 Å². The van der Waals surface area contributed by atoms with E-state index in [1.165, 1.54) is 14.0 Å². The molecule has 1 heterocycles. The molecule has 18 nitrogen and oxygen atoms in total. The van der Waals surface area contributed by atoms with E-state index in [1.807, 2.05) is 79.7 Å². The molecule has 0 fully saturated rings. The number of aromatic nitrogens is 1. The third-order valence-corrected chi connectivity index (χ3v) is 9.45. The van der Waals surface area contributed by atoms with Crippen LogP contribution >= 0.6 is 0 Å². The number of fused-ring (bicyclic) bond motifs is 1. The lowest BCUT2D eigenvalue weighted by molar-refractivity contribution is -0.141. The Labute approximate surface area is 367 Å². The second kappa shape index (κ2) is 28.3. The topological polar surface area (TPSA) is 233 Å². The Morgan fingerprint density at radius 3 is 2.13 bits per heavy atom. The predicted molar refractivity (Wildman–Crippen MR) is 237 cm³/mol. The van der Waals surface area contributed by atoms with E-state index in [9.17, 15) is 19.2 Å². The van der Waals surface area contributed by atoms with Crippen molar-refractivity contribution in [3.8, 4) is 16.9 Å². The van der Waals surface area contributed by atoms with Gasteiger partial charge in [0.2, 0.25) is 17.7 Å². The minimum Gasteiger partial charge on any atom is -0.491 e. The first kappa shape index (κ1) is 49.4. The maximum atomic E-state index is 13.2. The van der Waals surface area contributed by atoms with Crippen molar-refractivity contribution < 1.29 is 47.6 Å². The van der Waals surface area contributed by atoms with E-state index in [-0.39, 0.29) is 18.9 Å². The Hall–Kier alpha value is -6.30. The molecule has 3 amide bonds. The summed E-state index contributed by atoms with van der Waals surface area (Å²) in [5.74, 6) is -0.469. The highest BCUT2D eigenvalue weighted by molar-refractivity contribution is 6.00. The number of hydrogen-bond acceptors (Lipinski definition) is 13. The second-order valence-corrected chi connectivity index (χ2v) is 14.2. The molecule has 0 spiro atoms. The van der Waals surface area contributed by atoms with Gasteiger partial charge >= 0.3 is 5.97 Å². The lowest BCUT2D eigenvalue weighted by atomic mass is 9.95. The Bertz CT molecular complexity index is 2100. The molecule has 0 unspecified atom stereocenters. The molecule has 2 atom stereocenters. The van der Waals surface area contributed by atoms with Crippen molar-refractivity contribution in [2.24, 2.45) is 5.11 Å². The first-order valence-electron chi connectivity index (χ1n) is 20.8. The van der Waals surface area contributed by atoms with Gasteiger partial charge in [-0.25, -0.2) is 4.98 Å². The molecule has 0 bridgehead atoms. The summed E-state index contributed by atoms with van der Waals surface area (Å²) in [6.45, 7) is 7.39. The van der Waals surface area contributed by atoms with Crippen LogP contribution in [0.15, 0.2) is 84.1 Å². The highest BCUT2D eigenvalue weighted by Crippen LogP contribution is 2.35. The number of anilines is 1. The SMILES string of the molecule is COC(=O)C[C@H](NC(=O)CNC(=O)[C@H](CCCNc1cc(C)ccn1)NC(C)=O)c1ccc(-c2ccc(OCCOCCOCCOCCOCCN=[N+]=[N-])c3ccccc23)cc1. The molecule has 1 aromatic heterocycles. The van der Waals surface area contributed by atoms with Crippen LogP contribution in [0.2, 0.25) is 0 Å². The Kier molecular flexibility index (Phi) is 22.2. The molecule has 63 heavy (non-hydrogen) atoms. The number of azide groups is 1. The highest BCUT2D eigenvalue weighted by Gasteiger charge is 2.23. The van der Waals surface area contributed by atoms with Gasteiger partial charge in [-0.05, 0) is 71.1 Å². The van der Waals surface area contributed by atoms with Gasteiger partial charge in [-0.3, -0.25) is 19.2 Å². The number of aryl methyl sites for hydroxylation is 1. The van der Waals surface area contributed by atoms with E-state index in [1.54, 1.807) is 6.20 Å². The first-order chi connectivity index (χ1) is 30.7. The van der Waals surface area contributed by atoms with E-state index in [4.69, 9.17) is 34.0 Å². The van der Waals surface area contributed by atoms with Crippen LogP contribution in [-0.2, 0) is 42.9 Å². The normalized spacial score (nSPS) is 11.8. The summed E-state index contributed by atoms with van der Waals surface area (Å²) in [7, 11) is 1.28. The molecule has 338 valence electrons. The number of nitrogens with one attached hydrogen (secondary N) is 4. The van der Waals surface area contributed by atoms with Gasteiger partial charge < -0.3 is 49.7 Å². The zero-order valence-electron chi connectivity index (χ0n) is 36.1. The fourth-order valence-corrected chi connectivity index (χ4v) is 6.37. The number of carbonyl (C=O) groups excluding carboxylic acids is 4. The van der Waals surface area contributed by atoms with Gasteiger partial charge in [0.05, 0.1) is 79.0 Å². The summed E-state index contributed by atoms with van der Waals surface area (Å²) in [5.41, 5.74) is 11.8. The van der Waals surface area contributed by atoms with Crippen LogP contribution in [-0.4, -0.2) is 121 Å². The van der Waals surface area contributed by atoms with Crippen LogP contribution in [0.1, 0.15) is 43.4 Å². The van der Waals surface area contributed by atoms with Crippen LogP contribution < -0.4 is 26.0 Å². The van der Waals surface area contributed by atoms with Crippen LogP contribution in [0.4, 0.5) is 5.82 Å².